The van der Waals surface area contributed by atoms with Crippen molar-refractivity contribution in [1.82, 2.24) is 15.0 Å². The van der Waals surface area contributed by atoms with E-state index in [1.165, 1.54) is 20.9 Å². The average Bonchev–Trinajstić information content (AvgIpc) is 3.29. The van der Waals surface area contributed by atoms with Gasteiger partial charge < -0.3 is 4.57 Å². The van der Waals surface area contributed by atoms with E-state index in [1.54, 1.807) is 17.6 Å². The minimum Gasteiger partial charge on any atom is -0.318 e. The number of carbonyl (C=O) groups excluding carboxylic acids is 1. The average molecular weight is 560 g/mol. The third kappa shape index (κ3) is 5.02. The third-order valence-electron chi connectivity index (χ3n) is 4.86. The van der Waals surface area contributed by atoms with Crippen molar-refractivity contribution in [3.8, 4) is 5.69 Å². The van der Waals surface area contributed by atoms with Crippen LogP contribution in [0.15, 0.2) is 58.0 Å². The van der Waals surface area contributed by atoms with E-state index in [0.29, 0.717) is 0 Å². The lowest BCUT2D eigenvalue weighted by molar-refractivity contribution is -0.118. The number of carbonyl (C=O) groups is 1. The molecule has 0 atom stereocenters. The molecule has 0 saturated heterocycles. The highest BCUT2D eigenvalue weighted by Crippen LogP contribution is 2.29. The van der Waals surface area contributed by atoms with E-state index in [-0.39, 0.29) is 11.7 Å². The first-order chi connectivity index (χ1) is 14.9. The van der Waals surface area contributed by atoms with Crippen LogP contribution in [0.4, 0.5) is 0 Å². The number of fused-ring (bicyclic) bond motifs is 1. The van der Waals surface area contributed by atoms with Crippen LogP contribution in [0.1, 0.15) is 22.5 Å². The summed E-state index contributed by atoms with van der Waals surface area (Å²) in [6.07, 6.45) is 1.71. The molecular weight excluding hydrogens is 539 g/mol. The van der Waals surface area contributed by atoms with Crippen molar-refractivity contribution in [2.24, 2.45) is 5.10 Å². The van der Waals surface area contributed by atoms with Crippen molar-refractivity contribution in [2.75, 3.05) is 5.75 Å². The van der Waals surface area contributed by atoms with E-state index in [0.717, 1.165) is 37.2 Å². The van der Waals surface area contributed by atoms with Crippen LogP contribution in [-0.4, -0.2) is 27.4 Å². The molecule has 0 radical (unpaired) electrons. The first-order valence-corrected chi connectivity index (χ1v) is 12.6. The third-order valence-corrected chi connectivity index (χ3v) is 8.25. The number of hydrogen-bond acceptors (Lipinski definition) is 5. The van der Waals surface area contributed by atoms with Crippen molar-refractivity contribution in [1.29, 1.82) is 0 Å². The normalized spacial score (nSPS) is 11.5. The lowest BCUT2D eigenvalue weighted by atomic mass is 10.2. The molecule has 1 N–H and O–H groups in total. The van der Waals surface area contributed by atoms with Gasteiger partial charge in [0.15, 0.2) is 4.34 Å². The van der Waals surface area contributed by atoms with Gasteiger partial charge in [0.2, 0.25) is 0 Å². The van der Waals surface area contributed by atoms with Crippen molar-refractivity contribution in [2.45, 2.75) is 25.1 Å². The minimum absolute atomic E-state index is 0.150. The SMILES string of the molecule is Cc1cc(-n2c(C)cc(C=NNC(=O)CSc3nc4ccccc4s3)c2C)ccc1I. The Labute approximate surface area is 203 Å². The second kappa shape index (κ2) is 9.54. The predicted octanol–water partition coefficient (Wildman–Crippen LogP) is 5.86. The molecule has 0 spiro atoms. The zero-order valence-electron chi connectivity index (χ0n) is 17.3. The van der Waals surface area contributed by atoms with Gasteiger partial charge in [-0.05, 0) is 85.3 Å². The topological polar surface area (TPSA) is 59.3 Å². The molecule has 4 aromatic rings. The van der Waals surface area contributed by atoms with Gasteiger partial charge in [-0.2, -0.15) is 5.10 Å². The van der Waals surface area contributed by atoms with Gasteiger partial charge in [-0.25, -0.2) is 10.4 Å². The maximum absolute atomic E-state index is 12.2. The van der Waals surface area contributed by atoms with Crippen LogP contribution < -0.4 is 5.43 Å². The largest absolute Gasteiger partial charge is 0.318 e. The highest BCUT2D eigenvalue weighted by Gasteiger charge is 2.11. The summed E-state index contributed by atoms with van der Waals surface area (Å²) in [6.45, 7) is 6.25. The Morgan fingerprint density at radius 2 is 2.03 bits per heavy atom. The summed E-state index contributed by atoms with van der Waals surface area (Å²) in [5.41, 5.74) is 9.15. The smallest absolute Gasteiger partial charge is 0.250 e. The number of aryl methyl sites for hydroxylation is 2. The van der Waals surface area contributed by atoms with Crippen LogP contribution in [0.25, 0.3) is 15.9 Å². The molecule has 31 heavy (non-hydrogen) atoms. The van der Waals surface area contributed by atoms with E-state index in [4.69, 9.17) is 0 Å². The number of hydrogen-bond donors (Lipinski definition) is 1. The van der Waals surface area contributed by atoms with Crippen LogP contribution in [0.3, 0.4) is 0 Å². The van der Waals surface area contributed by atoms with Crippen LogP contribution in [0.2, 0.25) is 0 Å². The molecular formula is C23H21IN4OS2. The highest BCUT2D eigenvalue weighted by atomic mass is 127. The number of thioether (sulfide) groups is 1. The first kappa shape index (κ1) is 22.0. The number of halogens is 1. The predicted molar refractivity (Wildman–Crippen MR) is 139 cm³/mol. The van der Waals surface area contributed by atoms with Gasteiger partial charge in [0.05, 0.1) is 22.2 Å². The van der Waals surface area contributed by atoms with Gasteiger partial charge in [-0.15, -0.1) is 11.3 Å². The van der Waals surface area contributed by atoms with E-state index in [1.807, 2.05) is 24.3 Å². The fraction of sp³-hybridized carbons (Fsp3) is 0.174. The lowest BCUT2D eigenvalue weighted by Gasteiger charge is -2.11. The van der Waals surface area contributed by atoms with Gasteiger partial charge >= 0.3 is 0 Å². The molecule has 0 fully saturated rings. The van der Waals surface area contributed by atoms with E-state index < -0.39 is 0 Å². The number of aromatic nitrogens is 2. The molecule has 0 aliphatic rings. The number of para-hydroxylation sites is 1. The number of rotatable bonds is 6. The summed E-state index contributed by atoms with van der Waals surface area (Å²) in [5.74, 6) is 0.126. The number of hydrazone groups is 1. The molecule has 0 aliphatic heterocycles. The van der Waals surface area contributed by atoms with Crippen molar-refractivity contribution in [3.63, 3.8) is 0 Å². The summed E-state index contributed by atoms with van der Waals surface area (Å²) in [4.78, 5) is 16.7. The summed E-state index contributed by atoms with van der Waals surface area (Å²) >= 11 is 5.37. The molecule has 2 aromatic heterocycles. The second-order valence-corrected chi connectivity index (χ2v) is 10.5. The molecule has 5 nitrogen and oxygen atoms in total. The molecule has 8 heteroatoms. The lowest BCUT2D eigenvalue weighted by Crippen LogP contribution is -2.19. The molecule has 1 amide bonds. The van der Waals surface area contributed by atoms with Gasteiger partial charge in [-0.1, -0.05) is 23.9 Å². The fourth-order valence-corrected chi connectivity index (χ4v) is 5.53. The zero-order valence-corrected chi connectivity index (χ0v) is 21.1. The van der Waals surface area contributed by atoms with Crippen LogP contribution in [0.5, 0.6) is 0 Å². The molecule has 2 aromatic carbocycles. The van der Waals surface area contributed by atoms with Gasteiger partial charge in [0, 0.05) is 26.2 Å². The van der Waals surface area contributed by atoms with E-state index in [9.17, 15) is 4.79 Å². The number of benzene rings is 2. The van der Waals surface area contributed by atoms with Crippen molar-refractivity contribution >= 4 is 68.0 Å². The van der Waals surface area contributed by atoms with Crippen LogP contribution >= 0.6 is 45.7 Å². The minimum atomic E-state index is -0.150. The van der Waals surface area contributed by atoms with Crippen molar-refractivity contribution < 1.29 is 4.79 Å². The number of nitrogens with zero attached hydrogens (tertiary/aromatic N) is 3. The standard InChI is InChI=1S/C23H21IN4OS2/c1-14-10-18(8-9-19(14)24)28-15(2)11-17(16(28)3)12-25-27-22(29)13-30-23-26-20-6-4-5-7-21(20)31-23/h4-12H,13H2,1-3H3,(H,27,29). The van der Waals surface area contributed by atoms with Gasteiger partial charge in [0.1, 0.15) is 0 Å². The van der Waals surface area contributed by atoms with Crippen molar-refractivity contribution in [3.05, 3.63) is 74.6 Å². The van der Waals surface area contributed by atoms with Crippen LogP contribution in [0, 0.1) is 24.3 Å². The summed E-state index contributed by atoms with van der Waals surface area (Å²) in [6, 6.07) is 16.5. The number of amides is 1. The number of thiazole rings is 1. The Morgan fingerprint density at radius 1 is 1.23 bits per heavy atom. The highest BCUT2D eigenvalue weighted by molar-refractivity contribution is 14.1. The Kier molecular flexibility index (Phi) is 6.78. The van der Waals surface area contributed by atoms with Gasteiger partial charge in [0.25, 0.3) is 5.91 Å². The van der Waals surface area contributed by atoms with Crippen LogP contribution in [-0.2, 0) is 4.79 Å². The van der Waals surface area contributed by atoms with E-state index >= 15 is 0 Å². The molecule has 0 aliphatic carbocycles. The Morgan fingerprint density at radius 3 is 2.81 bits per heavy atom. The second-order valence-electron chi connectivity index (χ2n) is 7.12. The molecule has 0 bridgehead atoms. The molecule has 0 unspecified atom stereocenters. The quantitative estimate of drug-likeness (QED) is 0.139. The first-order valence-electron chi connectivity index (χ1n) is 9.68. The Hall–Kier alpha value is -2.17. The molecule has 2 heterocycles. The Bertz CT molecular complexity index is 1260. The molecule has 158 valence electrons. The summed E-state index contributed by atoms with van der Waals surface area (Å²) in [5, 5.41) is 4.17. The zero-order chi connectivity index (χ0) is 22.0. The van der Waals surface area contributed by atoms with Gasteiger partial charge in [-0.3, -0.25) is 4.79 Å². The monoisotopic (exact) mass is 560 g/mol. The molecule has 4 rings (SSSR count). The van der Waals surface area contributed by atoms with E-state index in [2.05, 4.69) is 87.7 Å². The Balaban J connectivity index is 1.39. The maximum atomic E-state index is 12.2. The maximum Gasteiger partial charge on any atom is 0.250 e. The summed E-state index contributed by atoms with van der Waals surface area (Å²) in [7, 11) is 0. The summed E-state index contributed by atoms with van der Waals surface area (Å²) < 4.78 is 5.46. The number of nitrogens with one attached hydrogen (secondary N) is 1. The fourth-order valence-electron chi connectivity index (χ4n) is 3.33. The molecule has 0 saturated carbocycles.